The van der Waals surface area contributed by atoms with Crippen LogP contribution in [-0.2, 0) is 4.79 Å². The van der Waals surface area contributed by atoms with Gasteiger partial charge in [0.25, 0.3) is 5.91 Å². The molecule has 1 aromatic carbocycles. The quantitative estimate of drug-likeness (QED) is 0.872. The van der Waals surface area contributed by atoms with Crippen molar-refractivity contribution in [3.8, 4) is 6.07 Å². The minimum Gasteiger partial charge on any atom is -0.327 e. The Kier molecular flexibility index (Phi) is 5.57. The molecule has 1 aliphatic rings. The molecular weight excluding hydrogens is 250 g/mol. The lowest BCUT2D eigenvalue weighted by Crippen LogP contribution is -3.13. The van der Waals surface area contributed by atoms with E-state index in [0.717, 1.165) is 13.1 Å². The van der Waals surface area contributed by atoms with Crippen molar-refractivity contribution in [1.82, 2.24) is 0 Å². The predicted octanol–water partition coefficient (Wildman–Crippen LogP) is 1.35. The van der Waals surface area contributed by atoms with Gasteiger partial charge in [-0.1, -0.05) is 12.5 Å². The zero-order valence-corrected chi connectivity index (χ0v) is 11.8. The zero-order valence-electron chi connectivity index (χ0n) is 11.8. The van der Waals surface area contributed by atoms with Crippen molar-refractivity contribution < 1.29 is 9.69 Å². The number of rotatable bonds is 3. The molecule has 0 aliphatic carbocycles. The van der Waals surface area contributed by atoms with Crippen molar-refractivity contribution in [3.63, 3.8) is 0 Å². The Hall–Kier alpha value is -1.86. The van der Waals surface area contributed by atoms with Crippen molar-refractivity contribution in [2.24, 2.45) is 0 Å². The van der Waals surface area contributed by atoms with Crippen molar-refractivity contribution in [3.05, 3.63) is 29.8 Å². The van der Waals surface area contributed by atoms with Crippen LogP contribution in [0.4, 0.5) is 5.69 Å². The first kappa shape index (κ1) is 14.5. The first-order valence-corrected chi connectivity index (χ1v) is 7.41. The van der Waals surface area contributed by atoms with E-state index in [2.05, 4.69) is 11.4 Å². The lowest BCUT2D eigenvalue weighted by Gasteiger charge is -2.21. The van der Waals surface area contributed by atoms with Gasteiger partial charge in [0, 0.05) is 5.69 Å². The van der Waals surface area contributed by atoms with Crippen LogP contribution in [0.15, 0.2) is 24.3 Å². The monoisotopic (exact) mass is 272 g/mol. The second-order valence-corrected chi connectivity index (χ2v) is 5.44. The Labute approximate surface area is 120 Å². The van der Waals surface area contributed by atoms with Crippen molar-refractivity contribution in [1.29, 1.82) is 5.26 Å². The highest BCUT2D eigenvalue weighted by Gasteiger charge is 2.15. The van der Waals surface area contributed by atoms with Crippen LogP contribution >= 0.6 is 0 Å². The molecule has 4 heteroatoms. The number of nitriles is 1. The van der Waals surface area contributed by atoms with Crippen LogP contribution < -0.4 is 10.2 Å². The van der Waals surface area contributed by atoms with Crippen molar-refractivity contribution in [2.75, 3.05) is 25.0 Å². The maximum atomic E-state index is 12.1. The number of benzene rings is 1. The molecule has 0 radical (unpaired) electrons. The van der Waals surface area contributed by atoms with E-state index >= 15 is 0 Å². The molecule has 1 aliphatic heterocycles. The summed E-state index contributed by atoms with van der Waals surface area (Å²) in [4.78, 5) is 13.4. The highest BCUT2D eigenvalue weighted by atomic mass is 16.2. The Morgan fingerprint density at radius 3 is 2.60 bits per heavy atom. The summed E-state index contributed by atoms with van der Waals surface area (Å²) in [5.74, 6) is 0.0377. The molecule has 1 aromatic rings. The molecule has 106 valence electrons. The standard InChI is InChI=1S/C16H21N3O/c17-12-14-7-6-8-15(11-14)18-16(20)13-19-9-4-2-1-3-5-10-19/h6-8,11H,1-5,9-10,13H2,(H,18,20)/p+1. The number of anilines is 1. The molecule has 0 saturated carbocycles. The molecule has 4 nitrogen and oxygen atoms in total. The van der Waals surface area contributed by atoms with E-state index in [-0.39, 0.29) is 5.91 Å². The van der Waals surface area contributed by atoms with Crippen LogP contribution in [0.1, 0.15) is 37.7 Å². The van der Waals surface area contributed by atoms with Gasteiger partial charge < -0.3 is 10.2 Å². The van der Waals surface area contributed by atoms with Gasteiger partial charge in [0.2, 0.25) is 0 Å². The number of hydrogen-bond donors (Lipinski definition) is 2. The number of quaternary nitrogens is 1. The largest absolute Gasteiger partial charge is 0.327 e. The molecule has 0 atom stereocenters. The van der Waals surface area contributed by atoms with Gasteiger partial charge >= 0.3 is 0 Å². The van der Waals surface area contributed by atoms with Crippen LogP contribution in [0, 0.1) is 11.3 Å². The molecule has 1 fully saturated rings. The van der Waals surface area contributed by atoms with Gasteiger partial charge in [-0.15, -0.1) is 0 Å². The normalized spacial score (nSPS) is 16.8. The Morgan fingerprint density at radius 2 is 1.90 bits per heavy atom. The van der Waals surface area contributed by atoms with Crippen LogP contribution in [0.2, 0.25) is 0 Å². The Morgan fingerprint density at radius 1 is 1.20 bits per heavy atom. The lowest BCUT2D eigenvalue weighted by molar-refractivity contribution is -0.892. The van der Waals surface area contributed by atoms with Crippen molar-refractivity contribution >= 4 is 11.6 Å². The fourth-order valence-corrected chi connectivity index (χ4v) is 2.68. The maximum Gasteiger partial charge on any atom is 0.279 e. The summed E-state index contributed by atoms with van der Waals surface area (Å²) in [5.41, 5.74) is 1.28. The molecule has 0 unspecified atom stereocenters. The number of nitrogens with one attached hydrogen (secondary N) is 2. The van der Waals surface area contributed by atoms with Gasteiger partial charge in [-0.25, -0.2) is 0 Å². The third kappa shape index (κ3) is 4.67. The number of likely N-dealkylation sites (tertiary alicyclic amines) is 1. The summed E-state index contributed by atoms with van der Waals surface area (Å²) in [5, 5.41) is 11.7. The van der Waals surface area contributed by atoms with Gasteiger partial charge in [-0.05, 0) is 43.9 Å². The molecule has 1 heterocycles. The second kappa shape index (κ2) is 7.66. The smallest absolute Gasteiger partial charge is 0.279 e. The van der Waals surface area contributed by atoms with Crippen LogP contribution in [0.3, 0.4) is 0 Å². The molecule has 1 saturated heterocycles. The summed E-state index contributed by atoms with van der Waals surface area (Å²) >= 11 is 0. The second-order valence-electron chi connectivity index (χ2n) is 5.44. The van der Waals surface area contributed by atoms with E-state index < -0.39 is 0 Å². The first-order valence-electron chi connectivity index (χ1n) is 7.41. The number of amides is 1. The van der Waals surface area contributed by atoms with Crippen molar-refractivity contribution in [2.45, 2.75) is 32.1 Å². The topological polar surface area (TPSA) is 57.3 Å². The lowest BCUT2D eigenvalue weighted by atomic mass is 10.1. The minimum atomic E-state index is 0.0377. The van der Waals surface area contributed by atoms with E-state index in [1.807, 2.05) is 6.07 Å². The van der Waals surface area contributed by atoms with Gasteiger partial charge in [-0.3, -0.25) is 4.79 Å². The van der Waals surface area contributed by atoms with E-state index in [4.69, 9.17) is 5.26 Å². The summed E-state index contributed by atoms with van der Waals surface area (Å²) < 4.78 is 0. The summed E-state index contributed by atoms with van der Waals surface area (Å²) in [6, 6.07) is 9.13. The fraction of sp³-hybridized carbons (Fsp3) is 0.500. The van der Waals surface area contributed by atoms with Gasteiger partial charge in [0.1, 0.15) is 0 Å². The Balaban J connectivity index is 1.86. The maximum absolute atomic E-state index is 12.1. The molecular formula is C16H22N3O+. The average molecular weight is 272 g/mol. The molecule has 2 N–H and O–H groups in total. The van der Waals surface area contributed by atoms with Gasteiger partial charge in [0.05, 0.1) is 24.7 Å². The van der Waals surface area contributed by atoms with E-state index in [0.29, 0.717) is 17.8 Å². The summed E-state index contributed by atoms with van der Waals surface area (Å²) in [6.45, 7) is 2.70. The molecule has 2 rings (SSSR count). The average Bonchev–Trinajstić information content (AvgIpc) is 2.42. The highest BCUT2D eigenvalue weighted by Crippen LogP contribution is 2.09. The Bertz CT molecular complexity index is 485. The van der Waals surface area contributed by atoms with Gasteiger partial charge in [0.15, 0.2) is 6.54 Å². The molecule has 0 aromatic heterocycles. The number of carbonyl (C=O) groups is 1. The fourth-order valence-electron chi connectivity index (χ4n) is 2.68. The molecule has 1 amide bonds. The van der Waals surface area contributed by atoms with Crippen LogP contribution in [-0.4, -0.2) is 25.5 Å². The van der Waals surface area contributed by atoms with Gasteiger partial charge in [-0.2, -0.15) is 5.26 Å². The summed E-state index contributed by atoms with van der Waals surface area (Å²) in [7, 11) is 0. The van der Waals surface area contributed by atoms with Crippen LogP contribution in [0.5, 0.6) is 0 Å². The number of carbonyl (C=O) groups excluding carboxylic acids is 1. The van der Waals surface area contributed by atoms with E-state index in [9.17, 15) is 4.79 Å². The van der Waals surface area contributed by atoms with E-state index in [1.54, 1.807) is 18.2 Å². The summed E-state index contributed by atoms with van der Waals surface area (Å²) in [6.07, 6.45) is 6.34. The molecule has 0 spiro atoms. The third-order valence-electron chi connectivity index (χ3n) is 3.75. The zero-order chi connectivity index (χ0) is 14.2. The SMILES string of the molecule is N#Cc1cccc(NC(=O)C[NH+]2CCCCCCC2)c1. The number of hydrogen-bond acceptors (Lipinski definition) is 2. The molecule has 0 bridgehead atoms. The number of nitrogens with zero attached hydrogens (tertiary/aromatic N) is 1. The van der Waals surface area contributed by atoms with E-state index in [1.165, 1.54) is 37.0 Å². The molecule has 20 heavy (non-hydrogen) atoms. The van der Waals surface area contributed by atoms with Crippen LogP contribution in [0.25, 0.3) is 0 Å². The highest BCUT2D eigenvalue weighted by molar-refractivity contribution is 5.91. The third-order valence-corrected chi connectivity index (χ3v) is 3.75. The minimum absolute atomic E-state index is 0.0377. The predicted molar refractivity (Wildman–Crippen MR) is 78.4 cm³/mol. The first-order chi connectivity index (χ1) is 9.78.